The minimum absolute atomic E-state index is 0.115. The van der Waals surface area contributed by atoms with Crippen LogP contribution >= 0.6 is 22.9 Å². The summed E-state index contributed by atoms with van der Waals surface area (Å²) in [6, 6.07) is 9.26. The van der Waals surface area contributed by atoms with Gasteiger partial charge in [0.15, 0.2) is 10.8 Å². The molecule has 1 amide bonds. The van der Waals surface area contributed by atoms with Crippen LogP contribution in [0.25, 0.3) is 0 Å². The van der Waals surface area contributed by atoms with E-state index in [0.717, 1.165) is 5.56 Å². The summed E-state index contributed by atoms with van der Waals surface area (Å²) in [5.41, 5.74) is 1.62. The van der Waals surface area contributed by atoms with Crippen molar-refractivity contribution in [2.24, 2.45) is 10.9 Å². The number of anilines is 1. The van der Waals surface area contributed by atoms with Gasteiger partial charge in [0.25, 0.3) is 0 Å². The number of esters is 1. The largest absolute Gasteiger partial charge is 0.463 e. The molecule has 0 aliphatic carbocycles. The number of aliphatic imine (C=N–C) groups is 1. The van der Waals surface area contributed by atoms with Crippen LogP contribution in [0, 0.1) is 25.6 Å². The zero-order chi connectivity index (χ0) is 32.3. The van der Waals surface area contributed by atoms with Crippen molar-refractivity contribution >= 4 is 46.8 Å². The molecule has 0 spiro atoms. The van der Waals surface area contributed by atoms with Gasteiger partial charge in [-0.05, 0) is 69.0 Å². The van der Waals surface area contributed by atoms with E-state index in [1.54, 1.807) is 51.2 Å². The van der Waals surface area contributed by atoms with Gasteiger partial charge in [-0.25, -0.2) is 18.6 Å². The van der Waals surface area contributed by atoms with E-state index < -0.39 is 29.4 Å². The van der Waals surface area contributed by atoms with Crippen LogP contribution in [0.2, 0.25) is 5.02 Å². The number of thiazole rings is 1. The fourth-order valence-electron chi connectivity index (χ4n) is 5.83. The molecule has 1 N–H and O–H groups in total. The van der Waals surface area contributed by atoms with Gasteiger partial charge >= 0.3 is 5.97 Å². The van der Waals surface area contributed by atoms with Gasteiger partial charge < -0.3 is 15.0 Å². The molecule has 3 aromatic rings. The lowest BCUT2D eigenvalue weighted by Crippen LogP contribution is -2.53. The lowest BCUT2D eigenvalue weighted by atomic mass is 9.83. The number of rotatable bonds is 10. The van der Waals surface area contributed by atoms with Gasteiger partial charge in [0, 0.05) is 49.4 Å². The third-order valence-electron chi connectivity index (χ3n) is 8.45. The van der Waals surface area contributed by atoms with Gasteiger partial charge in [0.2, 0.25) is 6.41 Å². The maximum Gasteiger partial charge on any atom is 0.338 e. The lowest BCUT2D eigenvalue weighted by Gasteiger charge is -2.43. The first-order chi connectivity index (χ1) is 21.5. The van der Waals surface area contributed by atoms with Crippen LogP contribution in [0.15, 0.2) is 64.2 Å². The number of alkyl halides is 1. The smallest absolute Gasteiger partial charge is 0.338 e. The Morgan fingerprint density at radius 1 is 1.31 bits per heavy atom. The van der Waals surface area contributed by atoms with E-state index >= 15 is 4.39 Å². The van der Waals surface area contributed by atoms with Crippen molar-refractivity contribution in [1.29, 1.82) is 0 Å². The van der Waals surface area contributed by atoms with Crippen molar-refractivity contribution in [2.45, 2.75) is 45.8 Å². The Kier molecular flexibility index (Phi) is 10.0. The Morgan fingerprint density at radius 3 is 2.80 bits per heavy atom. The van der Waals surface area contributed by atoms with Crippen LogP contribution in [0.3, 0.4) is 0 Å². The summed E-state index contributed by atoms with van der Waals surface area (Å²) in [4.78, 5) is 38.5. The minimum Gasteiger partial charge on any atom is -0.463 e. The van der Waals surface area contributed by atoms with Gasteiger partial charge in [-0.3, -0.25) is 14.7 Å². The zero-order valence-electron chi connectivity index (χ0n) is 25.6. The molecule has 2 unspecified atom stereocenters. The molecule has 5 rings (SSSR count). The number of nitrogens with one attached hydrogen (secondary N) is 1. The van der Waals surface area contributed by atoms with E-state index in [9.17, 15) is 14.0 Å². The molecule has 2 aromatic carbocycles. The normalized spacial score (nSPS) is 22.1. The first-order valence-electron chi connectivity index (χ1n) is 14.8. The quantitative estimate of drug-likeness (QED) is 0.208. The first-order valence-corrected chi connectivity index (χ1v) is 16.1. The van der Waals surface area contributed by atoms with Crippen molar-refractivity contribution < 1.29 is 23.1 Å². The molecule has 3 atom stereocenters. The van der Waals surface area contributed by atoms with Crippen molar-refractivity contribution in [1.82, 2.24) is 15.2 Å². The van der Waals surface area contributed by atoms with Crippen LogP contribution in [-0.2, 0) is 14.3 Å². The van der Waals surface area contributed by atoms with Crippen molar-refractivity contribution in [3.63, 3.8) is 0 Å². The number of benzene rings is 2. The second-order valence-electron chi connectivity index (χ2n) is 11.6. The summed E-state index contributed by atoms with van der Waals surface area (Å²) < 4.78 is 36.3. The van der Waals surface area contributed by atoms with Crippen LogP contribution < -0.4 is 10.2 Å². The number of carbonyl (C=O) groups excluding carboxylic acids is 2. The monoisotopic (exact) mass is 655 g/mol. The topological polar surface area (TPSA) is 87.1 Å². The molecule has 45 heavy (non-hydrogen) atoms. The number of amidine groups is 1. The fraction of sp³-hybridized carbons (Fsp3) is 0.394. The Bertz CT molecular complexity index is 1630. The molecule has 8 nitrogen and oxygen atoms in total. The molecule has 3 heterocycles. The summed E-state index contributed by atoms with van der Waals surface area (Å²) in [5.74, 6) is -1.08. The predicted octanol–water partition coefficient (Wildman–Crippen LogP) is 6.17. The van der Waals surface area contributed by atoms with Gasteiger partial charge in [-0.2, -0.15) is 0 Å². The first kappa shape index (κ1) is 32.7. The van der Waals surface area contributed by atoms with Crippen LogP contribution in [-0.4, -0.2) is 66.6 Å². The van der Waals surface area contributed by atoms with E-state index in [2.05, 4.69) is 10.3 Å². The molecule has 12 heteroatoms. The molecule has 2 aliphatic rings. The Labute approximate surface area is 270 Å². The average Bonchev–Trinajstić information content (AvgIpc) is 3.54. The number of hydrogen-bond donors (Lipinski definition) is 1. The van der Waals surface area contributed by atoms with E-state index in [1.165, 1.54) is 22.3 Å². The van der Waals surface area contributed by atoms with Crippen LogP contribution in [0.1, 0.15) is 48.0 Å². The Hall–Kier alpha value is -3.67. The molecular weight excluding hydrogens is 620 g/mol. The van der Waals surface area contributed by atoms with Gasteiger partial charge in [-0.1, -0.05) is 29.8 Å². The third-order valence-corrected chi connectivity index (χ3v) is 9.53. The number of aromatic nitrogens is 1. The lowest BCUT2D eigenvalue weighted by molar-refractivity contribution is -0.139. The molecule has 0 radical (unpaired) electrons. The van der Waals surface area contributed by atoms with Gasteiger partial charge in [-0.15, -0.1) is 11.3 Å². The number of amides is 1. The fourth-order valence-corrected chi connectivity index (χ4v) is 6.77. The number of carbonyl (C=O) groups is 2. The van der Waals surface area contributed by atoms with Gasteiger partial charge in [0.1, 0.15) is 17.5 Å². The second kappa shape index (κ2) is 13.8. The van der Waals surface area contributed by atoms with Crippen LogP contribution in [0.4, 0.5) is 14.5 Å². The number of likely N-dealkylation sites (tertiary alicyclic amines) is 1. The summed E-state index contributed by atoms with van der Waals surface area (Å²) in [6.07, 6.45) is 2.56. The predicted molar refractivity (Wildman–Crippen MR) is 173 cm³/mol. The summed E-state index contributed by atoms with van der Waals surface area (Å²) in [7, 11) is 0. The maximum absolute atomic E-state index is 16.0. The van der Waals surface area contributed by atoms with E-state index in [-0.39, 0.29) is 31.7 Å². The number of hydrogen-bond acceptors (Lipinski definition) is 8. The molecule has 2 aliphatic heterocycles. The molecule has 1 saturated heterocycles. The Balaban J connectivity index is 1.50. The van der Waals surface area contributed by atoms with Crippen molar-refractivity contribution in [3.05, 3.63) is 91.8 Å². The second-order valence-corrected chi connectivity index (χ2v) is 12.9. The van der Waals surface area contributed by atoms with Crippen LogP contribution in [0.5, 0.6) is 0 Å². The molecular formula is C33H36ClF2N5O3S. The van der Waals surface area contributed by atoms with E-state index in [1.807, 2.05) is 23.3 Å². The number of piperidine rings is 1. The number of ether oxygens (including phenoxy) is 1. The van der Waals surface area contributed by atoms with E-state index in [0.29, 0.717) is 57.9 Å². The summed E-state index contributed by atoms with van der Waals surface area (Å²) in [5, 5.41) is 6.16. The number of halogens is 3. The Morgan fingerprint density at radius 2 is 2.11 bits per heavy atom. The summed E-state index contributed by atoms with van der Waals surface area (Å²) >= 11 is 7.84. The average molecular weight is 656 g/mol. The molecule has 238 valence electrons. The SMILES string of the molecule is CCOC(=O)C1=C(CN2CCC(C)(F)C(CN(C=O)c3ccc(C)cc3Cl)C2)NC(c2nccs2)=N[C@H]1c1cccc(F)c1C. The molecule has 1 fully saturated rings. The highest BCUT2D eigenvalue weighted by molar-refractivity contribution is 7.11. The zero-order valence-corrected chi connectivity index (χ0v) is 27.2. The maximum atomic E-state index is 16.0. The molecule has 0 saturated carbocycles. The number of aryl methyl sites for hydroxylation is 1. The molecule has 1 aromatic heterocycles. The highest BCUT2D eigenvalue weighted by atomic mass is 35.5. The highest BCUT2D eigenvalue weighted by Crippen LogP contribution is 2.38. The highest BCUT2D eigenvalue weighted by Gasteiger charge is 2.42. The van der Waals surface area contributed by atoms with Crippen molar-refractivity contribution in [3.8, 4) is 0 Å². The molecule has 0 bridgehead atoms. The summed E-state index contributed by atoms with van der Waals surface area (Å²) in [6.45, 7) is 8.05. The van der Waals surface area contributed by atoms with E-state index in [4.69, 9.17) is 21.3 Å². The van der Waals surface area contributed by atoms with Gasteiger partial charge in [0.05, 0.1) is 22.9 Å². The minimum atomic E-state index is -1.55. The number of nitrogens with zero attached hydrogens (tertiary/aromatic N) is 4. The third kappa shape index (κ3) is 7.10. The standard InChI is InChI=1S/C33H36ClF2N5O3S/c1-5-44-32(43)28-26(38-30(31-37-12-14-45-31)39-29(28)23-7-6-8-25(35)21(23)3)18-40-13-11-33(4,36)22(16-40)17-41(19-42)27-10-9-20(2)15-24(27)34/h6-10,12,14-15,19,22,29H,5,11,13,16-18H2,1-4H3,(H,38,39)/t22?,29-,33?/m0/s1. The van der Waals surface area contributed by atoms with Crippen molar-refractivity contribution in [2.75, 3.05) is 37.7 Å².